The predicted octanol–water partition coefficient (Wildman–Crippen LogP) is 4.77. The van der Waals surface area contributed by atoms with Crippen molar-refractivity contribution in [2.45, 2.75) is 63.6 Å². The smallest absolute Gasteiger partial charge is 0.170 e. The number of rotatable bonds is 6. The fourth-order valence-electron chi connectivity index (χ4n) is 4.47. The Kier molecular flexibility index (Phi) is 5.25. The number of nitrogens with zero attached hydrogens (tertiary/aromatic N) is 3. The van der Waals surface area contributed by atoms with E-state index in [-0.39, 0.29) is 12.1 Å². The summed E-state index contributed by atoms with van der Waals surface area (Å²) in [6, 6.07) is 11.6. The maximum Gasteiger partial charge on any atom is 0.170 e. The van der Waals surface area contributed by atoms with Crippen molar-refractivity contribution in [2.75, 3.05) is 6.54 Å². The van der Waals surface area contributed by atoms with E-state index in [1.165, 1.54) is 37.8 Å². The molecule has 1 aliphatic carbocycles. The van der Waals surface area contributed by atoms with Crippen LogP contribution in [0.4, 0.5) is 0 Å². The van der Waals surface area contributed by atoms with Crippen molar-refractivity contribution in [3.05, 3.63) is 54.1 Å². The molecule has 5 heteroatoms. The minimum Gasteiger partial charge on any atom is -0.352 e. The van der Waals surface area contributed by atoms with Crippen LogP contribution in [-0.2, 0) is 0 Å². The van der Waals surface area contributed by atoms with Crippen LogP contribution in [-0.4, -0.2) is 26.1 Å². The molecule has 3 heterocycles. The molecule has 0 unspecified atom stereocenters. The van der Waals surface area contributed by atoms with Gasteiger partial charge in [0, 0.05) is 30.7 Å². The molecule has 4 rings (SSSR count). The molecule has 0 aromatic carbocycles. The van der Waals surface area contributed by atoms with Crippen molar-refractivity contribution in [3.63, 3.8) is 0 Å². The predicted molar refractivity (Wildman–Crippen MR) is 109 cm³/mol. The molecule has 2 fully saturated rings. The van der Waals surface area contributed by atoms with Gasteiger partial charge in [0.2, 0.25) is 0 Å². The van der Waals surface area contributed by atoms with Crippen molar-refractivity contribution in [1.29, 1.82) is 0 Å². The number of thiocarbonyl (C=S) groups is 1. The van der Waals surface area contributed by atoms with Gasteiger partial charge in [-0.1, -0.05) is 32.3 Å². The quantitative estimate of drug-likeness (QED) is 0.745. The number of hydrogen-bond donors (Lipinski definition) is 1. The SMILES string of the molecule is CCCCN1C(=S)N[C@H](c2ccccn2)[C@H]1c1cccn1C1CCCC1. The normalized spacial score (nSPS) is 23.6. The molecule has 2 aromatic rings. The second-order valence-electron chi connectivity index (χ2n) is 7.45. The molecule has 0 spiro atoms. The lowest BCUT2D eigenvalue weighted by Gasteiger charge is -2.30. The first-order valence-corrected chi connectivity index (χ1v) is 10.3. The van der Waals surface area contributed by atoms with Crippen molar-refractivity contribution in [1.82, 2.24) is 19.8 Å². The zero-order chi connectivity index (χ0) is 17.9. The third-order valence-corrected chi connectivity index (χ3v) is 6.14. The van der Waals surface area contributed by atoms with E-state index < -0.39 is 0 Å². The maximum atomic E-state index is 5.74. The molecule has 1 N–H and O–H groups in total. The Hall–Kier alpha value is -1.88. The van der Waals surface area contributed by atoms with Crippen molar-refractivity contribution in [2.24, 2.45) is 0 Å². The largest absolute Gasteiger partial charge is 0.352 e. The van der Waals surface area contributed by atoms with Gasteiger partial charge in [0.15, 0.2) is 5.11 Å². The zero-order valence-corrected chi connectivity index (χ0v) is 16.3. The van der Waals surface area contributed by atoms with Crippen LogP contribution < -0.4 is 5.32 Å². The second kappa shape index (κ2) is 7.78. The molecule has 26 heavy (non-hydrogen) atoms. The minimum atomic E-state index is 0.107. The molecule has 2 aromatic heterocycles. The van der Waals surface area contributed by atoms with Crippen LogP contribution in [0.15, 0.2) is 42.7 Å². The van der Waals surface area contributed by atoms with E-state index in [0.717, 1.165) is 23.8 Å². The number of aromatic nitrogens is 2. The van der Waals surface area contributed by atoms with Gasteiger partial charge in [-0.05, 0) is 55.7 Å². The molecule has 0 radical (unpaired) electrons. The first-order chi connectivity index (χ1) is 12.8. The van der Waals surface area contributed by atoms with Gasteiger partial charge in [0.1, 0.15) is 0 Å². The second-order valence-corrected chi connectivity index (χ2v) is 7.84. The lowest BCUT2D eigenvalue weighted by molar-refractivity contribution is 0.292. The maximum absolute atomic E-state index is 5.74. The van der Waals surface area contributed by atoms with Crippen LogP contribution in [0.2, 0.25) is 0 Å². The molecule has 138 valence electrons. The van der Waals surface area contributed by atoms with E-state index in [9.17, 15) is 0 Å². The van der Waals surface area contributed by atoms with Crippen molar-refractivity contribution >= 4 is 17.3 Å². The highest BCUT2D eigenvalue weighted by Crippen LogP contribution is 2.41. The molecule has 0 bridgehead atoms. The highest BCUT2D eigenvalue weighted by molar-refractivity contribution is 7.80. The Bertz CT molecular complexity index is 735. The Morgan fingerprint density at radius 3 is 2.77 bits per heavy atom. The highest BCUT2D eigenvalue weighted by atomic mass is 32.1. The van der Waals surface area contributed by atoms with Crippen molar-refractivity contribution in [3.8, 4) is 0 Å². The third-order valence-electron chi connectivity index (χ3n) is 5.78. The van der Waals surface area contributed by atoms with Gasteiger partial charge in [0.25, 0.3) is 0 Å². The van der Waals surface area contributed by atoms with Crippen LogP contribution >= 0.6 is 12.2 Å². The number of pyridine rings is 1. The average Bonchev–Trinajstić information content (AvgIpc) is 3.40. The van der Waals surface area contributed by atoms with Crippen LogP contribution in [0.5, 0.6) is 0 Å². The number of hydrogen-bond acceptors (Lipinski definition) is 2. The molecular formula is C21H28N4S. The van der Waals surface area contributed by atoms with Gasteiger partial charge in [-0.3, -0.25) is 4.98 Å². The number of unbranched alkanes of at least 4 members (excludes halogenated alkanes) is 1. The summed E-state index contributed by atoms with van der Waals surface area (Å²) in [6.07, 6.45) is 11.7. The Morgan fingerprint density at radius 1 is 1.19 bits per heavy atom. The summed E-state index contributed by atoms with van der Waals surface area (Å²) in [4.78, 5) is 7.03. The fraction of sp³-hybridized carbons (Fsp3) is 0.524. The molecule has 4 nitrogen and oxygen atoms in total. The van der Waals surface area contributed by atoms with Crippen molar-refractivity contribution < 1.29 is 0 Å². The molecule has 2 aliphatic rings. The molecule has 1 saturated carbocycles. The van der Waals surface area contributed by atoms with E-state index in [1.54, 1.807) is 0 Å². The van der Waals surface area contributed by atoms with E-state index in [4.69, 9.17) is 12.2 Å². The fourth-order valence-corrected chi connectivity index (χ4v) is 4.80. The summed E-state index contributed by atoms with van der Waals surface area (Å²) >= 11 is 5.74. The van der Waals surface area contributed by atoms with E-state index >= 15 is 0 Å². The van der Waals surface area contributed by atoms with Gasteiger partial charge in [-0.25, -0.2) is 0 Å². The molecule has 1 aliphatic heterocycles. The average molecular weight is 369 g/mol. The summed E-state index contributed by atoms with van der Waals surface area (Å²) in [5, 5.41) is 4.43. The van der Waals surface area contributed by atoms with Gasteiger partial charge in [0.05, 0.1) is 17.8 Å². The Labute approximate surface area is 161 Å². The van der Waals surface area contributed by atoms with E-state index in [1.807, 2.05) is 12.3 Å². The van der Waals surface area contributed by atoms with E-state index in [2.05, 4.69) is 57.2 Å². The van der Waals surface area contributed by atoms with Gasteiger partial charge in [-0.15, -0.1) is 0 Å². The lowest BCUT2D eigenvalue weighted by Crippen LogP contribution is -2.31. The standard InChI is InChI=1S/C21H28N4S/c1-2-3-14-25-20(18-12-8-15-24(18)16-9-4-5-10-16)19(23-21(25)26)17-11-6-7-13-22-17/h6-8,11-13,15-16,19-20H,2-5,9-10,14H2,1H3,(H,23,26)/t19-,20-/m1/s1. The molecular weight excluding hydrogens is 340 g/mol. The molecule has 0 amide bonds. The molecule has 1 saturated heterocycles. The summed E-state index contributed by atoms with van der Waals surface area (Å²) in [6.45, 7) is 3.23. The summed E-state index contributed by atoms with van der Waals surface area (Å²) < 4.78 is 2.52. The van der Waals surface area contributed by atoms with Crippen LogP contribution in [0.1, 0.15) is 75.0 Å². The summed E-state index contributed by atoms with van der Waals surface area (Å²) in [7, 11) is 0. The third kappa shape index (κ3) is 3.25. The summed E-state index contributed by atoms with van der Waals surface area (Å²) in [5.74, 6) is 0. The van der Waals surface area contributed by atoms with Crippen LogP contribution in [0, 0.1) is 0 Å². The van der Waals surface area contributed by atoms with Gasteiger partial charge in [-0.2, -0.15) is 0 Å². The molecule has 2 atom stereocenters. The Morgan fingerprint density at radius 2 is 2.04 bits per heavy atom. The van der Waals surface area contributed by atoms with Gasteiger partial charge < -0.3 is 14.8 Å². The highest BCUT2D eigenvalue weighted by Gasteiger charge is 2.41. The summed E-state index contributed by atoms with van der Waals surface area (Å²) in [5.41, 5.74) is 2.44. The minimum absolute atomic E-state index is 0.107. The Balaban J connectivity index is 1.72. The van der Waals surface area contributed by atoms with Crippen LogP contribution in [0.3, 0.4) is 0 Å². The van der Waals surface area contributed by atoms with Gasteiger partial charge >= 0.3 is 0 Å². The van der Waals surface area contributed by atoms with E-state index in [0.29, 0.717) is 6.04 Å². The monoisotopic (exact) mass is 368 g/mol. The first kappa shape index (κ1) is 17.5. The number of nitrogens with one attached hydrogen (secondary N) is 1. The zero-order valence-electron chi connectivity index (χ0n) is 15.5. The first-order valence-electron chi connectivity index (χ1n) is 9.94. The topological polar surface area (TPSA) is 33.1 Å². The van der Waals surface area contributed by atoms with Crippen LogP contribution in [0.25, 0.3) is 0 Å². The lowest BCUT2D eigenvalue weighted by atomic mass is 10.0.